The molecule has 2 aliphatic heterocycles. The van der Waals surface area contributed by atoms with Gasteiger partial charge in [-0.1, -0.05) is 75.2 Å². The minimum Gasteiger partial charge on any atom is -0.442 e. The molecule has 5 rings (SSSR count). The summed E-state index contributed by atoms with van der Waals surface area (Å²) in [6, 6.07) is 17.4. The monoisotopic (exact) mass is 739 g/mol. The van der Waals surface area contributed by atoms with Crippen molar-refractivity contribution in [3.05, 3.63) is 95.7 Å². The number of fused-ring (bicyclic) bond motifs is 2. The maximum absolute atomic E-state index is 12.5. The Labute approximate surface area is 323 Å². The van der Waals surface area contributed by atoms with Crippen LogP contribution in [0.3, 0.4) is 0 Å². The molecule has 0 radical (unpaired) electrons. The van der Waals surface area contributed by atoms with Crippen LogP contribution in [0.2, 0.25) is 0 Å². The first-order chi connectivity index (χ1) is 26.1. The molecule has 54 heavy (non-hydrogen) atoms. The normalized spacial score (nSPS) is 20.1. The predicted molar refractivity (Wildman–Crippen MR) is 218 cm³/mol. The van der Waals surface area contributed by atoms with Gasteiger partial charge in [-0.2, -0.15) is 4.58 Å². The van der Waals surface area contributed by atoms with Crippen LogP contribution >= 0.6 is 0 Å². The fourth-order valence-corrected chi connectivity index (χ4v) is 7.95. The molecule has 1 atom stereocenters. The first-order valence-corrected chi connectivity index (χ1v) is 20.1. The molecule has 2 heterocycles. The minimum atomic E-state index is -0.407. The second-order valence-corrected chi connectivity index (χ2v) is 15.6. The predicted octanol–water partition coefficient (Wildman–Crippen LogP) is 8.26. The number of hydrogen-bond donors (Lipinski definition) is 2. The first-order valence-electron chi connectivity index (χ1n) is 20.1. The van der Waals surface area contributed by atoms with E-state index in [0.29, 0.717) is 45.9 Å². The highest BCUT2D eigenvalue weighted by molar-refractivity contribution is 6.03. The summed E-state index contributed by atoms with van der Waals surface area (Å²) in [7, 11) is 2.16. The summed E-state index contributed by atoms with van der Waals surface area (Å²) in [4.78, 5) is 27.0. The van der Waals surface area contributed by atoms with Crippen LogP contribution in [0.5, 0.6) is 0 Å². The molecule has 2 amide bonds. The Balaban J connectivity index is 0.961. The van der Waals surface area contributed by atoms with Gasteiger partial charge in [-0.05, 0) is 76.2 Å². The molecule has 292 valence electrons. The van der Waals surface area contributed by atoms with Crippen LogP contribution < -0.4 is 15.5 Å². The average Bonchev–Trinajstić information content (AvgIpc) is 3.47. The number of nitrogens with one attached hydrogen (secondary N) is 2. The maximum atomic E-state index is 12.5. The molecule has 0 aromatic heterocycles. The Kier molecular flexibility index (Phi) is 15.1. The third-order valence-electron chi connectivity index (χ3n) is 11.0. The average molecular weight is 740 g/mol. The quantitative estimate of drug-likeness (QED) is 0.0910. The zero-order valence-electron chi connectivity index (χ0n) is 33.3. The van der Waals surface area contributed by atoms with Crippen molar-refractivity contribution in [1.29, 1.82) is 0 Å². The van der Waals surface area contributed by atoms with Gasteiger partial charge in [0.15, 0.2) is 5.71 Å². The van der Waals surface area contributed by atoms with E-state index in [2.05, 4.69) is 128 Å². The molecule has 2 aromatic carbocycles. The standard InChI is InChI=1S/C45H62N4O5/c1-44(2)36-21-13-15-23-38(36)48(5)40(44)25-18-26-41-45(3,4)37-22-14-16-24-39(37)49(41)30-17-9-12-27-42(50)46-28-31-52-33-34-53-32-29-47-43(51)54-35-19-10-7-6-8-11-20-35/h10,13-16,18-19,21-26,35H,6-9,11-12,17,20,27-34H2,1-5H3,(H-,46,47,50,51)/p+1/b19-10+. The zero-order chi connectivity index (χ0) is 38.4. The van der Waals surface area contributed by atoms with E-state index in [9.17, 15) is 9.59 Å². The molecule has 9 heteroatoms. The lowest BCUT2D eigenvalue weighted by atomic mass is 9.81. The molecule has 2 aromatic rings. The van der Waals surface area contributed by atoms with Crippen LogP contribution in [0.4, 0.5) is 16.2 Å². The number of nitrogens with zero attached hydrogens (tertiary/aromatic N) is 2. The van der Waals surface area contributed by atoms with Crippen LogP contribution in [-0.4, -0.2) is 81.5 Å². The van der Waals surface area contributed by atoms with Crippen molar-refractivity contribution >= 4 is 29.1 Å². The molecule has 0 saturated carbocycles. The van der Waals surface area contributed by atoms with Crippen LogP contribution in [0, 0.1) is 0 Å². The summed E-state index contributed by atoms with van der Waals surface area (Å²) in [5.74, 6) is 0.0561. The number of anilines is 1. The maximum Gasteiger partial charge on any atom is 0.407 e. The molecular formula is C45H63N4O5+. The molecule has 1 aliphatic carbocycles. The van der Waals surface area contributed by atoms with Crippen LogP contribution in [0.25, 0.3) is 0 Å². The summed E-state index contributed by atoms with van der Waals surface area (Å²) in [6.07, 6.45) is 19.1. The van der Waals surface area contributed by atoms with Gasteiger partial charge >= 0.3 is 6.09 Å². The molecule has 2 N–H and O–H groups in total. The summed E-state index contributed by atoms with van der Waals surface area (Å²) >= 11 is 0. The Morgan fingerprint density at radius 3 is 2.35 bits per heavy atom. The SMILES string of the molecule is C[N+]1=C(/C=C/C=C2\N(CCCCCC(=O)NCCOCCOCCNC(=O)OC3/C=C/CCCCC3)c3ccccc3C2(C)C)C(C)(C)c2ccccc21. The van der Waals surface area contributed by atoms with E-state index in [1.807, 2.05) is 6.08 Å². The number of hydrogen-bond acceptors (Lipinski definition) is 6. The number of para-hydroxylation sites is 2. The smallest absolute Gasteiger partial charge is 0.407 e. The largest absolute Gasteiger partial charge is 0.442 e. The topological polar surface area (TPSA) is 92.1 Å². The summed E-state index contributed by atoms with van der Waals surface area (Å²) in [6.45, 7) is 12.7. The van der Waals surface area contributed by atoms with Gasteiger partial charge < -0.3 is 29.7 Å². The third-order valence-corrected chi connectivity index (χ3v) is 11.0. The van der Waals surface area contributed by atoms with E-state index in [1.165, 1.54) is 46.8 Å². The van der Waals surface area contributed by atoms with Gasteiger partial charge in [0.05, 0.1) is 31.8 Å². The Hall–Kier alpha value is -4.21. The van der Waals surface area contributed by atoms with E-state index < -0.39 is 6.09 Å². The molecule has 9 nitrogen and oxygen atoms in total. The van der Waals surface area contributed by atoms with Gasteiger partial charge in [0.1, 0.15) is 13.2 Å². The lowest BCUT2D eigenvalue weighted by Gasteiger charge is -2.27. The number of benzene rings is 2. The van der Waals surface area contributed by atoms with E-state index >= 15 is 0 Å². The number of allylic oxidation sites excluding steroid dienone is 5. The first kappa shape index (κ1) is 41.0. The summed E-state index contributed by atoms with van der Waals surface area (Å²) < 4.78 is 18.9. The molecule has 0 saturated heterocycles. The van der Waals surface area contributed by atoms with Crippen molar-refractivity contribution < 1.29 is 28.4 Å². The van der Waals surface area contributed by atoms with Crippen molar-refractivity contribution in [2.45, 2.75) is 102 Å². The third kappa shape index (κ3) is 10.7. The molecular weight excluding hydrogens is 677 g/mol. The van der Waals surface area contributed by atoms with Crippen LogP contribution in [0.15, 0.2) is 84.6 Å². The number of ether oxygens (including phenoxy) is 3. The molecule has 0 fully saturated rings. The lowest BCUT2D eigenvalue weighted by molar-refractivity contribution is -0.401. The summed E-state index contributed by atoms with van der Waals surface area (Å²) in [5.41, 5.74) is 7.67. The minimum absolute atomic E-state index is 0.0561. The van der Waals surface area contributed by atoms with Gasteiger partial charge in [-0.25, -0.2) is 4.79 Å². The van der Waals surface area contributed by atoms with E-state index in [-0.39, 0.29) is 22.8 Å². The van der Waals surface area contributed by atoms with Crippen LogP contribution in [-0.2, 0) is 29.8 Å². The van der Waals surface area contributed by atoms with E-state index in [4.69, 9.17) is 14.2 Å². The van der Waals surface area contributed by atoms with Crippen molar-refractivity contribution in [2.75, 3.05) is 58.0 Å². The van der Waals surface area contributed by atoms with Crippen molar-refractivity contribution in [3.8, 4) is 0 Å². The van der Waals surface area contributed by atoms with Gasteiger partial charge in [-0.15, -0.1) is 0 Å². The van der Waals surface area contributed by atoms with Gasteiger partial charge in [0.2, 0.25) is 11.6 Å². The lowest BCUT2D eigenvalue weighted by Crippen LogP contribution is -2.31. The fourth-order valence-electron chi connectivity index (χ4n) is 7.95. The number of rotatable bonds is 18. The van der Waals surface area contributed by atoms with Gasteiger partial charge in [0.25, 0.3) is 0 Å². The Bertz CT molecular complexity index is 1690. The number of amides is 2. The number of alkyl carbamates (subject to hydrolysis) is 1. The van der Waals surface area contributed by atoms with Crippen molar-refractivity contribution in [3.63, 3.8) is 0 Å². The molecule has 1 unspecified atom stereocenters. The highest BCUT2D eigenvalue weighted by Gasteiger charge is 2.43. The number of unbranched alkanes of at least 4 members (excludes halogenated alkanes) is 2. The summed E-state index contributed by atoms with van der Waals surface area (Å²) in [5, 5.41) is 5.71. The van der Waals surface area contributed by atoms with Gasteiger partial charge in [-0.3, -0.25) is 4.79 Å². The highest BCUT2D eigenvalue weighted by Crippen LogP contribution is 2.48. The zero-order valence-corrected chi connectivity index (χ0v) is 33.3. The number of carbonyl (C=O) groups excluding carboxylic acids is 2. The molecule has 0 spiro atoms. The Morgan fingerprint density at radius 1 is 0.852 bits per heavy atom. The molecule has 3 aliphatic rings. The Morgan fingerprint density at radius 2 is 1.57 bits per heavy atom. The van der Waals surface area contributed by atoms with Crippen LogP contribution in [0.1, 0.15) is 96.6 Å². The van der Waals surface area contributed by atoms with Gasteiger partial charge in [0, 0.05) is 60.6 Å². The van der Waals surface area contributed by atoms with Crippen molar-refractivity contribution in [1.82, 2.24) is 10.6 Å². The van der Waals surface area contributed by atoms with E-state index in [0.717, 1.165) is 45.1 Å². The second kappa shape index (κ2) is 19.9. The molecule has 0 bridgehead atoms. The fraction of sp³-hybridized carbons (Fsp3) is 0.533. The van der Waals surface area contributed by atoms with Crippen molar-refractivity contribution in [2.24, 2.45) is 0 Å². The second-order valence-electron chi connectivity index (χ2n) is 15.6. The van der Waals surface area contributed by atoms with E-state index in [1.54, 1.807) is 0 Å². The number of carbonyl (C=O) groups is 2. The highest BCUT2D eigenvalue weighted by atomic mass is 16.6.